The number of H-pyrrole nitrogens is 1. The molecule has 0 saturated carbocycles. The summed E-state index contributed by atoms with van der Waals surface area (Å²) in [6.45, 7) is 0. The number of aromatic nitrogens is 2. The van der Waals surface area contributed by atoms with Gasteiger partial charge in [-0.1, -0.05) is 11.6 Å². The second-order valence-corrected chi connectivity index (χ2v) is 7.77. The molecule has 9 heteroatoms. The van der Waals surface area contributed by atoms with Gasteiger partial charge in [-0.05, 0) is 54.6 Å². The Morgan fingerprint density at radius 3 is 2.52 bits per heavy atom. The summed E-state index contributed by atoms with van der Waals surface area (Å²) in [6, 6.07) is 13.9. The molecule has 0 aliphatic rings. The Balaban J connectivity index is 1.45. The highest BCUT2D eigenvalue weighted by Gasteiger charge is 2.15. The lowest BCUT2D eigenvalue weighted by Gasteiger charge is -2.04. The molecule has 3 N–H and O–H groups in total. The van der Waals surface area contributed by atoms with Crippen molar-refractivity contribution < 1.29 is 14.0 Å². The van der Waals surface area contributed by atoms with Crippen LogP contribution in [0.1, 0.15) is 15.2 Å². The van der Waals surface area contributed by atoms with Gasteiger partial charge < -0.3 is 10.6 Å². The standard InChI is InChI=1S/C20H14ClFN4O2S/c21-12-3-7-14(8-4-12)23-17(27)10-15-9-16-18(25-26-20(16)29-15)24-19(28)11-1-5-13(22)6-2-11/h1-9H,10H2,(H,23,27)(H2,24,25,26,28). The van der Waals surface area contributed by atoms with Gasteiger partial charge in [0.2, 0.25) is 5.91 Å². The van der Waals surface area contributed by atoms with E-state index in [0.717, 1.165) is 4.88 Å². The quantitative estimate of drug-likeness (QED) is 0.424. The van der Waals surface area contributed by atoms with E-state index in [0.29, 0.717) is 32.3 Å². The van der Waals surface area contributed by atoms with Crippen LogP contribution in [0.5, 0.6) is 0 Å². The van der Waals surface area contributed by atoms with Crippen molar-refractivity contribution >= 4 is 56.5 Å². The number of rotatable bonds is 5. The highest BCUT2D eigenvalue weighted by Crippen LogP contribution is 2.30. The Labute approximate surface area is 173 Å². The van der Waals surface area contributed by atoms with Gasteiger partial charge >= 0.3 is 0 Å². The highest BCUT2D eigenvalue weighted by molar-refractivity contribution is 7.18. The van der Waals surface area contributed by atoms with Crippen LogP contribution in [0.3, 0.4) is 0 Å². The van der Waals surface area contributed by atoms with Gasteiger partial charge in [-0.3, -0.25) is 14.7 Å². The molecule has 0 bridgehead atoms. The zero-order chi connectivity index (χ0) is 20.4. The van der Waals surface area contributed by atoms with Crippen LogP contribution in [-0.4, -0.2) is 22.0 Å². The zero-order valence-electron chi connectivity index (χ0n) is 14.8. The van der Waals surface area contributed by atoms with Crippen LogP contribution in [-0.2, 0) is 11.2 Å². The predicted octanol–water partition coefficient (Wildman–Crippen LogP) is 4.85. The number of anilines is 2. The molecule has 0 unspecified atom stereocenters. The van der Waals surface area contributed by atoms with E-state index in [9.17, 15) is 14.0 Å². The fourth-order valence-corrected chi connectivity index (χ4v) is 3.84. The lowest BCUT2D eigenvalue weighted by molar-refractivity contribution is -0.115. The summed E-state index contributed by atoms with van der Waals surface area (Å²) < 4.78 is 13.0. The molecule has 4 rings (SSSR count). The van der Waals surface area contributed by atoms with E-state index < -0.39 is 5.82 Å². The number of hydrogen-bond acceptors (Lipinski definition) is 4. The number of halogens is 2. The number of aromatic amines is 1. The summed E-state index contributed by atoms with van der Waals surface area (Å²) in [7, 11) is 0. The van der Waals surface area contributed by atoms with Gasteiger partial charge in [0, 0.05) is 21.2 Å². The molecular weight excluding hydrogens is 415 g/mol. The Bertz CT molecular complexity index is 1190. The number of nitrogens with zero attached hydrogens (tertiary/aromatic N) is 1. The summed E-state index contributed by atoms with van der Waals surface area (Å²) in [5.41, 5.74) is 0.987. The van der Waals surface area contributed by atoms with Gasteiger partial charge in [0.25, 0.3) is 5.91 Å². The summed E-state index contributed by atoms with van der Waals surface area (Å²) in [5.74, 6) is -0.541. The van der Waals surface area contributed by atoms with E-state index in [1.54, 1.807) is 24.3 Å². The molecule has 2 aromatic heterocycles. The molecule has 0 radical (unpaired) electrons. The van der Waals surface area contributed by atoms with Crippen molar-refractivity contribution in [2.24, 2.45) is 0 Å². The minimum atomic E-state index is -0.412. The van der Waals surface area contributed by atoms with Gasteiger partial charge in [0.05, 0.1) is 11.8 Å². The van der Waals surface area contributed by atoms with Crippen LogP contribution in [0.15, 0.2) is 54.6 Å². The summed E-state index contributed by atoms with van der Waals surface area (Å²) in [4.78, 5) is 26.1. The van der Waals surface area contributed by atoms with Crippen molar-refractivity contribution in [1.82, 2.24) is 10.2 Å². The molecule has 0 atom stereocenters. The highest BCUT2D eigenvalue weighted by atomic mass is 35.5. The predicted molar refractivity (Wildman–Crippen MR) is 112 cm³/mol. The van der Waals surface area contributed by atoms with Crippen LogP contribution in [0, 0.1) is 5.82 Å². The number of fused-ring (bicyclic) bond motifs is 1. The molecule has 6 nitrogen and oxygen atoms in total. The minimum absolute atomic E-state index is 0.169. The maximum atomic E-state index is 13.0. The molecule has 146 valence electrons. The first-order valence-electron chi connectivity index (χ1n) is 8.57. The summed E-state index contributed by atoms with van der Waals surface area (Å²) >= 11 is 7.20. The van der Waals surface area contributed by atoms with Crippen LogP contribution in [0.4, 0.5) is 15.9 Å². The lowest BCUT2D eigenvalue weighted by Crippen LogP contribution is -2.13. The first-order valence-corrected chi connectivity index (χ1v) is 9.76. The average Bonchev–Trinajstić information content (AvgIpc) is 3.25. The first-order chi connectivity index (χ1) is 14.0. The fourth-order valence-electron chi connectivity index (χ4n) is 2.73. The monoisotopic (exact) mass is 428 g/mol. The number of benzene rings is 2. The number of amides is 2. The van der Waals surface area contributed by atoms with Crippen LogP contribution < -0.4 is 10.6 Å². The van der Waals surface area contributed by atoms with E-state index in [1.807, 2.05) is 6.07 Å². The van der Waals surface area contributed by atoms with Gasteiger partial charge in [-0.25, -0.2) is 4.39 Å². The Morgan fingerprint density at radius 1 is 1.07 bits per heavy atom. The molecule has 2 heterocycles. The maximum absolute atomic E-state index is 13.0. The molecule has 0 aliphatic heterocycles. The SMILES string of the molecule is O=C(Cc1cc2c(NC(=O)c3ccc(F)cc3)[nH]nc2s1)Nc1ccc(Cl)cc1. The largest absolute Gasteiger partial charge is 0.326 e. The van der Waals surface area contributed by atoms with Crippen molar-refractivity contribution in [2.75, 3.05) is 10.6 Å². The first kappa shape index (κ1) is 19.1. The molecule has 29 heavy (non-hydrogen) atoms. The third-order valence-electron chi connectivity index (χ3n) is 4.11. The molecule has 2 aromatic carbocycles. The van der Waals surface area contributed by atoms with Crippen molar-refractivity contribution in [3.05, 3.63) is 75.9 Å². The Morgan fingerprint density at radius 2 is 1.79 bits per heavy atom. The Kier molecular flexibility index (Phi) is 5.28. The van der Waals surface area contributed by atoms with Crippen molar-refractivity contribution in [3.63, 3.8) is 0 Å². The molecule has 4 aromatic rings. The third-order valence-corrected chi connectivity index (χ3v) is 5.39. The van der Waals surface area contributed by atoms with Gasteiger partial charge in [-0.15, -0.1) is 11.3 Å². The average molecular weight is 429 g/mol. The molecular formula is C20H14ClFN4O2S. The van der Waals surface area contributed by atoms with Crippen LogP contribution >= 0.6 is 22.9 Å². The zero-order valence-corrected chi connectivity index (χ0v) is 16.4. The van der Waals surface area contributed by atoms with Gasteiger partial charge in [0.1, 0.15) is 16.5 Å². The van der Waals surface area contributed by atoms with E-state index in [1.165, 1.54) is 35.6 Å². The van der Waals surface area contributed by atoms with E-state index in [2.05, 4.69) is 20.8 Å². The second-order valence-electron chi connectivity index (χ2n) is 6.22. The van der Waals surface area contributed by atoms with E-state index in [-0.39, 0.29) is 18.2 Å². The van der Waals surface area contributed by atoms with Crippen molar-refractivity contribution in [1.29, 1.82) is 0 Å². The number of nitrogens with one attached hydrogen (secondary N) is 3. The normalized spacial score (nSPS) is 10.8. The number of carbonyl (C=O) groups excluding carboxylic acids is 2. The minimum Gasteiger partial charge on any atom is -0.326 e. The van der Waals surface area contributed by atoms with Crippen LogP contribution in [0.25, 0.3) is 10.2 Å². The number of thiophene rings is 1. The topological polar surface area (TPSA) is 86.9 Å². The van der Waals surface area contributed by atoms with Gasteiger partial charge in [-0.2, -0.15) is 5.10 Å². The molecule has 2 amide bonds. The van der Waals surface area contributed by atoms with Crippen molar-refractivity contribution in [2.45, 2.75) is 6.42 Å². The fraction of sp³-hybridized carbons (Fsp3) is 0.0500. The van der Waals surface area contributed by atoms with Gasteiger partial charge in [0.15, 0.2) is 0 Å². The van der Waals surface area contributed by atoms with E-state index >= 15 is 0 Å². The van der Waals surface area contributed by atoms with E-state index in [4.69, 9.17) is 11.6 Å². The second kappa shape index (κ2) is 8.02. The Hall–Kier alpha value is -3.23. The number of hydrogen-bond donors (Lipinski definition) is 3. The van der Waals surface area contributed by atoms with Crippen molar-refractivity contribution in [3.8, 4) is 0 Å². The molecule has 0 saturated heterocycles. The lowest BCUT2D eigenvalue weighted by atomic mass is 10.2. The third kappa shape index (κ3) is 4.44. The summed E-state index contributed by atoms with van der Waals surface area (Å²) in [6.07, 6.45) is 0.176. The van der Waals surface area contributed by atoms with Crippen LogP contribution in [0.2, 0.25) is 5.02 Å². The smallest absolute Gasteiger partial charge is 0.256 e. The summed E-state index contributed by atoms with van der Waals surface area (Å²) in [5, 5.41) is 13.8. The molecule has 0 aliphatic carbocycles. The number of carbonyl (C=O) groups is 2. The molecule has 0 spiro atoms. The maximum Gasteiger partial charge on any atom is 0.256 e. The molecule has 0 fully saturated rings.